The molecule has 0 aromatic heterocycles. The zero-order valence-corrected chi connectivity index (χ0v) is 12.0. The van der Waals surface area contributed by atoms with E-state index in [1.807, 2.05) is 18.2 Å². The molecule has 0 bridgehead atoms. The first-order valence-corrected chi connectivity index (χ1v) is 7.18. The summed E-state index contributed by atoms with van der Waals surface area (Å²) in [6.07, 6.45) is 7.68. The van der Waals surface area contributed by atoms with Crippen LogP contribution < -0.4 is 0 Å². The van der Waals surface area contributed by atoms with Gasteiger partial charge in [0.05, 0.1) is 12.2 Å². The predicted octanol–water partition coefficient (Wildman–Crippen LogP) is 4.76. The minimum absolute atomic E-state index is 0.223. The van der Waals surface area contributed by atoms with Crippen molar-refractivity contribution in [2.75, 3.05) is 6.61 Å². The maximum absolute atomic E-state index is 11.6. The lowest BCUT2D eigenvalue weighted by molar-refractivity contribution is 0.0498. The number of esters is 1. The highest BCUT2D eigenvalue weighted by Gasteiger charge is 2.04. The highest BCUT2D eigenvalue weighted by molar-refractivity contribution is 5.89. The Morgan fingerprint density at radius 1 is 1.11 bits per heavy atom. The summed E-state index contributed by atoms with van der Waals surface area (Å²) in [5.41, 5.74) is 2.14. The molecule has 0 N–H and O–H groups in total. The molecule has 1 rings (SSSR count). The van der Waals surface area contributed by atoms with Crippen LogP contribution in [0.2, 0.25) is 0 Å². The van der Waals surface area contributed by atoms with Crippen LogP contribution >= 0.6 is 0 Å². The Hall–Kier alpha value is -1.57. The quantitative estimate of drug-likeness (QED) is 0.382. The van der Waals surface area contributed by atoms with Crippen molar-refractivity contribution in [2.24, 2.45) is 0 Å². The molecule has 1 aromatic rings. The second-order valence-electron chi connectivity index (χ2n) is 4.57. The molecule has 0 aliphatic carbocycles. The van der Waals surface area contributed by atoms with Gasteiger partial charge in [0.2, 0.25) is 0 Å². The molecular weight excluding hydrogens is 236 g/mol. The number of unbranched alkanes of at least 4 members (excludes halogenated alkanes) is 2. The molecule has 2 heteroatoms. The molecule has 0 saturated heterocycles. The van der Waals surface area contributed by atoms with Crippen molar-refractivity contribution in [3.63, 3.8) is 0 Å². The first-order chi connectivity index (χ1) is 9.27. The van der Waals surface area contributed by atoms with Gasteiger partial charge >= 0.3 is 5.97 Å². The maximum Gasteiger partial charge on any atom is 0.338 e. The summed E-state index contributed by atoms with van der Waals surface area (Å²) in [4.78, 5) is 11.6. The fourth-order valence-electron chi connectivity index (χ4n) is 1.91. The van der Waals surface area contributed by atoms with Crippen LogP contribution in [-0.2, 0) is 4.74 Å². The molecule has 0 saturated carbocycles. The summed E-state index contributed by atoms with van der Waals surface area (Å²) in [5.74, 6) is -0.223. The van der Waals surface area contributed by atoms with Crippen molar-refractivity contribution in [1.82, 2.24) is 0 Å². The third-order valence-electron chi connectivity index (χ3n) is 3.18. The van der Waals surface area contributed by atoms with Gasteiger partial charge in [-0.2, -0.15) is 0 Å². The Morgan fingerprint density at radius 2 is 1.79 bits per heavy atom. The van der Waals surface area contributed by atoms with E-state index >= 15 is 0 Å². The molecule has 0 atom stereocenters. The lowest BCUT2D eigenvalue weighted by Gasteiger charge is -2.04. The van der Waals surface area contributed by atoms with Crippen molar-refractivity contribution in [1.29, 1.82) is 0 Å². The zero-order chi connectivity index (χ0) is 13.9. The molecule has 104 valence electrons. The molecule has 19 heavy (non-hydrogen) atoms. The van der Waals surface area contributed by atoms with Gasteiger partial charge in [-0.1, -0.05) is 43.7 Å². The van der Waals surface area contributed by atoms with E-state index in [9.17, 15) is 4.79 Å². The summed E-state index contributed by atoms with van der Waals surface area (Å²) in [7, 11) is 0. The van der Waals surface area contributed by atoms with Crippen LogP contribution in [0.5, 0.6) is 0 Å². The van der Waals surface area contributed by atoms with Crippen LogP contribution in [-0.4, -0.2) is 12.6 Å². The minimum atomic E-state index is -0.223. The molecule has 0 heterocycles. The zero-order valence-electron chi connectivity index (χ0n) is 12.0. The Labute approximate surface area is 116 Å². The monoisotopic (exact) mass is 260 g/mol. The Bertz CT molecular complexity index is 387. The lowest BCUT2D eigenvalue weighted by atomic mass is 10.1. The van der Waals surface area contributed by atoms with Crippen LogP contribution in [0.25, 0.3) is 0 Å². The van der Waals surface area contributed by atoms with E-state index in [4.69, 9.17) is 4.74 Å². The summed E-state index contributed by atoms with van der Waals surface area (Å²) < 4.78 is 5.23. The van der Waals surface area contributed by atoms with E-state index in [1.165, 1.54) is 5.57 Å². The van der Waals surface area contributed by atoms with Crippen molar-refractivity contribution < 1.29 is 9.53 Å². The Balaban J connectivity index is 2.15. The van der Waals surface area contributed by atoms with Gasteiger partial charge in [-0.3, -0.25) is 0 Å². The average Bonchev–Trinajstić information content (AvgIpc) is 2.47. The smallest absolute Gasteiger partial charge is 0.338 e. The predicted molar refractivity (Wildman–Crippen MR) is 79.2 cm³/mol. The maximum atomic E-state index is 11.6. The fraction of sp³-hybridized carbons (Fsp3) is 0.471. The van der Waals surface area contributed by atoms with Gasteiger partial charge in [-0.15, -0.1) is 0 Å². The molecule has 2 nitrogen and oxygen atoms in total. The lowest BCUT2D eigenvalue weighted by Crippen LogP contribution is -2.06. The second kappa shape index (κ2) is 9.37. The number of hydrogen-bond donors (Lipinski definition) is 0. The van der Waals surface area contributed by atoms with Crippen LogP contribution in [0.4, 0.5) is 0 Å². The topological polar surface area (TPSA) is 26.3 Å². The first kappa shape index (κ1) is 15.5. The van der Waals surface area contributed by atoms with E-state index < -0.39 is 0 Å². The Kier molecular flexibility index (Phi) is 7.64. The third kappa shape index (κ3) is 6.23. The molecule has 1 aromatic carbocycles. The van der Waals surface area contributed by atoms with Gasteiger partial charge in [0.25, 0.3) is 0 Å². The molecule has 0 spiro atoms. The summed E-state index contributed by atoms with van der Waals surface area (Å²) in [5, 5.41) is 0. The highest BCUT2D eigenvalue weighted by atomic mass is 16.5. The normalized spacial score (nSPS) is 10.0. The molecule has 0 fully saturated rings. The number of carbonyl (C=O) groups excluding carboxylic acids is 1. The molecule has 0 aliphatic heterocycles. The highest BCUT2D eigenvalue weighted by Crippen LogP contribution is 2.09. The summed E-state index contributed by atoms with van der Waals surface area (Å²) in [6.45, 7) is 4.89. The third-order valence-corrected chi connectivity index (χ3v) is 3.18. The van der Waals surface area contributed by atoms with E-state index in [-0.39, 0.29) is 5.97 Å². The summed E-state index contributed by atoms with van der Waals surface area (Å²) >= 11 is 0. The van der Waals surface area contributed by atoms with Gasteiger partial charge in [-0.25, -0.2) is 4.79 Å². The number of allylic oxidation sites excluding steroid dienone is 2. The van der Waals surface area contributed by atoms with Crippen LogP contribution in [0.1, 0.15) is 56.3 Å². The number of hydrogen-bond acceptors (Lipinski definition) is 2. The van der Waals surface area contributed by atoms with Gasteiger partial charge in [0, 0.05) is 0 Å². The van der Waals surface area contributed by atoms with Gasteiger partial charge in [0.15, 0.2) is 0 Å². The van der Waals surface area contributed by atoms with Gasteiger partial charge in [-0.05, 0) is 44.2 Å². The van der Waals surface area contributed by atoms with Crippen LogP contribution in [0.3, 0.4) is 0 Å². The average molecular weight is 260 g/mol. The largest absolute Gasteiger partial charge is 0.462 e. The number of carbonyl (C=O) groups is 1. The molecule has 0 aliphatic rings. The van der Waals surface area contributed by atoms with E-state index in [0.29, 0.717) is 12.2 Å². The first-order valence-electron chi connectivity index (χ1n) is 7.18. The van der Waals surface area contributed by atoms with Crippen molar-refractivity contribution in [2.45, 2.75) is 46.0 Å². The van der Waals surface area contributed by atoms with Crippen LogP contribution in [0.15, 0.2) is 42.0 Å². The molecular formula is C17H24O2. The SMILES string of the molecule is CCC(=CCCCCOC(=O)c1ccccc1)CC. The molecule has 0 radical (unpaired) electrons. The second-order valence-corrected chi connectivity index (χ2v) is 4.57. The standard InChI is InChI=1S/C17H24O2/c1-3-15(4-2)11-7-6-10-14-19-17(18)16-12-8-5-9-13-16/h5,8-9,11-13H,3-4,6-7,10,14H2,1-2H3. The number of benzene rings is 1. The molecule has 0 unspecified atom stereocenters. The van der Waals surface area contributed by atoms with Gasteiger partial charge in [0.1, 0.15) is 0 Å². The van der Waals surface area contributed by atoms with Crippen molar-refractivity contribution in [3.8, 4) is 0 Å². The van der Waals surface area contributed by atoms with E-state index in [2.05, 4.69) is 19.9 Å². The van der Waals surface area contributed by atoms with E-state index in [0.717, 1.165) is 32.1 Å². The number of rotatable bonds is 8. The van der Waals surface area contributed by atoms with Crippen molar-refractivity contribution in [3.05, 3.63) is 47.5 Å². The number of ether oxygens (including phenoxy) is 1. The fourth-order valence-corrected chi connectivity index (χ4v) is 1.91. The minimum Gasteiger partial charge on any atom is -0.462 e. The Morgan fingerprint density at radius 3 is 2.42 bits per heavy atom. The summed E-state index contributed by atoms with van der Waals surface area (Å²) in [6, 6.07) is 9.14. The van der Waals surface area contributed by atoms with Crippen LogP contribution in [0, 0.1) is 0 Å². The van der Waals surface area contributed by atoms with Crippen molar-refractivity contribution >= 4 is 5.97 Å². The van der Waals surface area contributed by atoms with E-state index in [1.54, 1.807) is 12.1 Å². The van der Waals surface area contributed by atoms with Gasteiger partial charge < -0.3 is 4.74 Å². The molecule has 0 amide bonds.